The Kier molecular flexibility index (Phi) is 3.73. The molecule has 0 radical (unpaired) electrons. The lowest BCUT2D eigenvalue weighted by Gasteiger charge is -2.24. The van der Waals surface area contributed by atoms with Crippen LogP contribution >= 0.6 is 0 Å². The van der Waals surface area contributed by atoms with Crippen LogP contribution in [-0.2, 0) is 0 Å². The van der Waals surface area contributed by atoms with E-state index in [-0.39, 0.29) is 5.54 Å². The predicted molar refractivity (Wildman–Crippen MR) is 95.0 cm³/mol. The number of anilines is 2. The average molecular weight is 322 g/mol. The fourth-order valence-corrected chi connectivity index (χ4v) is 3.16. The molecule has 1 saturated carbocycles. The molecular weight excluding hydrogens is 300 g/mol. The van der Waals surface area contributed by atoms with Crippen LogP contribution in [0.25, 0.3) is 10.8 Å². The highest BCUT2D eigenvalue weighted by atomic mass is 15.1. The van der Waals surface area contributed by atoms with Gasteiger partial charge in [0.05, 0.1) is 0 Å². The summed E-state index contributed by atoms with van der Waals surface area (Å²) in [5.74, 6) is 1.66. The number of nitriles is 1. The summed E-state index contributed by atoms with van der Waals surface area (Å²) in [4.78, 5) is 9.02. The molecule has 6 heteroatoms. The third kappa shape index (κ3) is 3.13. The Bertz CT molecular complexity index is 799. The van der Waals surface area contributed by atoms with Gasteiger partial charge < -0.3 is 16.0 Å². The maximum atomic E-state index is 9.23. The van der Waals surface area contributed by atoms with Crippen molar-refractivity contribution in [3.05, 3.63) is 24.0 Å². The van der Waals surface area contributed by atoms with Gasteiger partial charge in [0.25, 0.3) is 0 Å². The Hall–Kier alpha value is -2.39. The lowest BCUT2D eigenvalue weighted by Crippen LogP contribution is -2.38. The van der Waals surface area contributed by atoms with Gasteiger partial charge in [0.15, 0.2) is 0 Å². The number of nitrogens with one attached hydrogen (secondary N) is 3. The van der Waals surface area contributed by atoms with Crippen LogP contribution in [0.3, 0.4) is 0 Å². The third-order valence-electron chi connectivity index (χ3n) is 4.90. The molecule has 2 aromatic heterocycles. The topological polar surface area (TPSA) is 85.7 Å². The Morgan fingerprint density at radius 1 is 1.38 bits per heavy atom. The van der Waals surface area contributed by atoms with Crippen LogP contribution < -0.4 is 16.0 Å². The van der Waals surface area contributed by atoms with Crippen molar-refractivity contribution in [3.63, 3.8) is 0 Å². The molecule has 0 spiro atoms. The first-order valence-corrected chi connectivity index (χ1v) is 8.62. The molecule has 3 heterocycles. The second kappa shape index (κ2) is 5.91. The van der Waals surface area contributed by atoms with Crippen molar-refractivity contribution in [1.82, 2.24) is 15.3 Å². The number of hydrogen-bond donors (Lipinski definition) is 3. The molecule has 1 aliphatic carbocycles. The van der Waals surface area contributed by atoms with Crippen LogP contribution in [0, 0.1) is 11.3 Å². The third-order valence-corrected chi connectivity index (χ3v) is 4.90. The fraction of sp³-hybridized carbons (Fsp3) is 0.500. The maximum Gasteiger partial charge on any atom is 0.143 e. The van der Waals surface area contributed by atoms with Crippen LogP contribution in [0.1, 0.15) is 38.3 Å². The van der Waals surface area contributed by atoms with Crippen LogP contribution in [0.15, 0.2) is 18.3 Å². The molecule has 24 heavy (non-hydrogen) atoms. The van der Waals surface area contributed by atoms with Gasteiger partial charge in [0, 0.05) is 35.1 Å². The average Bonchev–Trinajstić information content (AvgIpc) is 3.33. The number of pyridine rings is 2. The zero-order valence-corrected chi connectivity index (χ0v) is 13.9. The minimum absolute atomic E-state index is 0.109. The molecule has 1 unspecified atom stereocenters. The standard InChI is InChI=1S/C18H22N6/c1-18(4-5-18)24-17-15-8-16(22-13-3-2-6-20-11-13)21-10-12(15)7-14(9-19)23-17/h7-8,10,13,20H,2-6,11H2,1H3,(H,21,22)(H,23,24). The van der Waals surface area contributed by atoms with Gasteiger partial charge >= 0.3 is 0 Å². The summed E-state index contributed by atoms with van der Waals surface area (Å²) in [6, 6.07) is 6.40. The summed E-state index contributed by atoms with van der Waals surface area (Å²) in [7, 11) is 0. The van der Waals surface area contributed by atoms with Crippen molar-refractivity contribution in [3.8, 4) is 6.07 Å². The Morgan fingerprint density at radius 3 is 2.96 bits per heavy atom. The molecule has 0 aromatic carbocycles. The highest BCUT2D eigenvalue weighted by Gasteiger charge is 2.37. The normalized spacial score (nSPS) is 21.9. The van der Waals surface area contributed by atoms with Crippen molar-refractivity contribution in [1.29, 1.82) is 5.26 Å². The predicted octanol–water partition coefficient (Wildman–Crippen LogP) is 2.63. The zero-order chi connectivity index (χ0) is 16.6. The second-order valence-corrected chi connectivity index (χ2v) is 7.13. The first-order valence-electron chi connectivity index (χ1n) is 8.62. The SMILES string of the molecule is CC1(Nc2nc(C#N)cc3cnc(NC4CCCNC4)cc23)CC1. The van der Waals surface area contributed by atoms with E-state index in [2.05, 4.69) is 38.9 Å². The maximum absolute atomic E-state index is 9.23. The second-order valence-electron chi connectivity index (χ2n) is 7.13. The molecule has 2 fully saturated rings. The lowest BCUT2D eigenvalue weighted by molar-refractivity contribution is 0.479. The quantitative estimate of drug-likeness (QED) is 0.802. The van der Waals surface area contributed by atoms with Crippen molar-refractivity contribution in [2.75, 3.05) is 23.7 Å². The summed E-state index contributed by atoms with van der Waals surface area (Å²) in [6.45, 7) is 4.25. The van der Waals surface area contributed by atoms with Crippen LogP contribution in [-0.4, -0.2) is 34.6 Å². The molecule has 6 nitrogen and oxygen atoms in total. The van der Waals surface area contributed by atoms with E-state index in [1.165, 1.54) is 6.42 Å². The molecule has 124 valence electrons. The molecule has 1 aliphatic heterocycles. The minimum atomic E-state index is 0.109. The van der Waals surface area contributed by atoms with Crippen molar-refractivity contribution in [2.24, 2.45) is 0 Å². The van der Waals surface area contributed by atoms with E-state index in [9.17, 15) is 5.26 Å². The Morgan fingerprint density at radius 2 is 2.25 bits per heavy atom. The summed E-state index contributed by atoms with van der Waals surface area (Å²) < 4.78 is 0. The fourth-order valence-electron chi connectivity index (χ4n) is 3.16. The molecular formula is C18H22N6. The number of nitrogens with zero attached hydrogens (tertiary/aromatic N) is 3. The molecule has 2 aromatic rings. The van der Waals surface area contributed by atoms with E-state index in [4.69, 9.17) is 0 Å². The van der Waals surface area contributed by atoms with E-state index >= 15 is 0 Å². The molecule has 2 aliphatic rings. The Balaban J connectivity index is 1.68. The number of aromatic nitrogens is 2. The lowest BCUT2D eigenvalue weighted by atomic mass is 10.1. The van der Waals surface area contributed by atoms with Gasteiger partial charge in [-0.2, -0.15) is 5.26 Å². The van der Waals surface area contributed by atoms with Gasteiger partial charge in [-0.1, -0.05) is 0 Å². The molecule has 1 saturated heterocycles. The monoisotopic (exact) mass is 322 g/mol. The number of piperidine rings is 1. The largest absolute Gasteiger partial charge is 0.366 e. The molecule has 3 N–H and O–H groups in total. The first kappa shape index (κ1) is 15.2. The molecule has 0 bridgehead atoms. The summed E-state index contributed by atoms with van der Waals surface area (Å²) in [5.41, 5.74) is 0.534. The smallest absolute Gasteiger partial charge is 0.143 e. The molecule has 1 atom stereocenters. The van der Waals surface area contributed by atoms with Crippen LogP contribution in [0.5, 0.6) is 0 Å². The number of hydrogen-bond acceptors (Lipinski definition) is 6. The van der Waals surface area contributed by atoms with Gasteiger partial charge in [-0.15, -0.1) is 0 Å². The van der Waals surface area contributed by atoms with Crippen molar-refractivity contribution in [2.45, 2.75) is 44.2 Å². The van der Waals surface area contributed by atoms with Gasteiger partial charge in [0.1, 0.15) is 23.4 Å². The Labute approximate surface area is 141 Å². The van der Waals surface area contributed by atoms with E-state index in [1.807, 2.05) is 12.3 Å². The van der Waals surface area contributed by atoms with E-state index < -0.39 is 0 Å². The van der Waals surface area contributed by atoms with Gasteiger partial charge in [-0.25, -0.2) is 9.97 Å². The van der Waals surface area contributed by atoms with Gasteiger partial charge in [-0.05, 0) is 51.3 Å². The van der Waals surface area contributed by atoms with Crippen LogP contribution in [0.2, 0.25) is 0 Å². The number of fused-ring (bicyclic) bond motifs is 1. The first-order chi connectivity index (χ1) is 11.6. The van der Waals surface area contributed by atoms with Crippen molar-refractivity contribution >= 4 is 22.4 Å². The van der Waals surface area contributed by atoms with Crippen molar-refractivity contribution < 1.29 is 0 Å². The summed E-state index contributed by atoms with van der Waals surface area (Å²) in [6.07, 6.45) is 6.44. The van der Waals surface area contributed by atoms with Gasteiger partial charge in [-0.3, -0.25) is 0 Å². The van der Waals surface area contributed by atoms with E-state index in [1.54, 1.807) is 6.07 Å². The number of rotatable bonds is 4. The minimum Gasteiger partial charge on any atom is -0.366 e. The van der Waals surface area contributed by atoms with Gasteiger partial charge in [0.2, 0.25) is 0 Å². The summed E-state index contributed by atoms with van der Waals surface area (Å²) in [5, 5.41) is 21.6. The molecule has 4 rings (SSSR count). The highest BCUT2D eigenvalue weighted by Crippen LogP contribution is 2.39. The van der Waals surface area contributed by atoms with E-state index in [0.29, 0.717) is 11.7 Å². The highest BCUT2D eigenvalue weighted by molar-refractivity contribution is 5.94. The summed E-state index contributed by atoms with van der Waals surface area (Å²) >= 11 is 0. The van der Waals surface area contributed by atoms with Crippen LogP contribution in [0.4, 0.5) is 11.6 Å². The van der Waals surface area contributed by atoms with E-state index in [0.717, 1.165) is 54.8 Å². The molecule has 0 amide bonds. The zero-order valence-electron chi connectivity index (χ0n) is 13.9.